The Hall–Kier alpha value is 0.310. The summed E-state index contributed by atoms with van der Waals surface area (Å²) in [5, 5.41) is 0. The molecule has 0 radical (unpaired) electrons. The lowest BCUT2D eigenvalue weighted by Gasteiger charge is -1.87. The van der Waals surface area contributed by atoms with Crippen molar-refractivity contribution in [2.45, 2.75) is 13.3 Å². The molecule has 0 fully saturated rings. The van der Waals surface area contributed by atoms with Crippen molar-refractivity contribution in [3.8, 4) is 0 Å². The average Bonchev–Trinajstić information content (AvgIpc) is 1.61. The van der Waals surface area contributed by atoms with Gasteiger partial charge in [0.05, 0.1) is 7.11 Å². The summed E-state index contributed by atoms with van der Waals surface area (Å²) in [6.07, 6.45) is 1.19. The van der Waals surface area contributed by atoms with Crippen LogP contribution in [0.2, 0.25) is 0 Å². The van der Waals surface area contributed by atoms with Crippen molar-refractivity contribution in [3.63, 3.8) is 0 Å². The smallest absolute Gasteiger partial charge is 0.0503 e. The first kappa shape index (κ1) is 6.31. The number of rotatable bonds is 3. The molecular formula is C4H10OS. The Morgan fingerprint density at radius 3 is 2.50 bits per heavy atom. The van der Waals surface area contributed by atoms with Crippen LogP contribution in [0, 0.1) is 0 Å². The van der Waals surface area contributed by atoms with E-state index in [9.17, 15) is 0 Å². The minimum atomic E-state index is 1.11. The van der Waals surface area contributed by atoms with Crippen molar-refractivity contribution in [1.82, 2.24) is 0 Å². The molecule has 0 N–H and O–H groups in total. The summed E-state index contributed by atoms with van der Waals surface area (Å²) < 4.78 is 4.70. The molecule has 0 aliphatic carbocycles. The first-order valence-electron chi connectivity index (χ1n) is 2.07. The van der Waals surface area contributed by atoms with E-state index in [4.69, 9.17) is 4.18 Å². The highest BCUT2D eigenvalue weighted by Crippen LogP contribution is 1.99. The Labute approximate surface area is 43.3 Å². The van der Waals surface area contributed by atoms with Gasteiger partial charge >= 0.3 is 0 Å². The fourth-order valence-corrected chi connectivity index (χ4v) is 0.500. The van der Waals surface area contributed by atoms with Crippen molar-refractivity contribution in [2.24, 2.45) is 0 Å². The van der Waals surface area contributed by atoms with Gasteiger partial charge in [0.2, 0.25) is 0 Å². The molecule has 0 aromatic rings. The van der Waals surface area contributed by atoms with Crippen molar-refractivity contribution in [1.29, 1.82) is 0 Å². The molecule has 0 rings (SSSR count). The monoisotopic (exact) mass is 106 g/mol. The molecule has 0 aromatic heterocycles. The molecule has 0 heterocycles. The molecule has 2 heteroatoms. The Kier molecular flexibility index (Phi) is 5.58. The Balaban J connectivity index is 2.34. The first-order chi connectivity index (χ1) is 2.91. The summed E-state index contributed by atoms with van der Waals surface area (Å²) in [5.41, 5.74) is 0. The minimum absolute atomic E-state index is 1.11. The Bertz CT molecular complexity index is 19.5. The highest BCUT2D eigenvalue weighted by Gasteiger charge is 1.75. The molecule has 0 aliphatic rings. The summed E-state index contributed by atoms with van der Waals surface area (Å²) in [5.74, 6) is 1.11. The van der Waals surface area contributed by atoms with Gasteiger partial charge in [-0.15, -0.1) is 0 Å². The largest absolute Gasteiger partial charge is 0.319 e. The van der Waals surface area contributed by atoms with Gasteiger partial charge < -0.3 is 4.18 Å². The number of hydrogen-bond donors (Lipinski definition) is 0. The lowest BCUT2D eigenvalue weighted by Crippen LogP contribution is -1.71. The van der Waals surface area contributed by atoms with Gasteiger partial charge in [-0.25, -0.2) is 0 Å². The van der Waals surface area contributed by atoms with Crippen LogP contribution in [0.15, 0.2) is 0 Å². The molecule has 0 aliphatic heterocycles. The van der Waals surface area contributed by atoms with E-state index in [0.717, 1.165) is 5.75 Å². The van der Waals surface area contributed by atoms with E-state index in [1.54, 1.807) is 7.11 Å². The lowest BCUT2D eigenvalue weighted by molar-refractivity contribution is 0.489. The maximum Gasteiger partial charge on any atom is 0.0503 e. The molecule has 0 amide bonds. The minimum Gasteiger partial charge on any atom is -0.319 e. The average molecular weight is 106 g/mol. The maximum absolute atomic E-state index is 4.70. The quantitative estimate of drug-likeness (QED) is 0.400. The third-order valence-electron chi connectivity index (χ3n) is 0.405. The third-order valence-corrected chi connectivity index (χ3v) is 1.22. The zero-order chi connectivity index (χ0) is 4.83. The van der Waals surface area contributed by atoms with E-state index >= 15 is 0 Å². The van der Waals surface area contributed by atoms with E-state index < -0.39 is 0 Å². The van der Waals surface area contributed by atoms with Crippen molar-refractivity contribution in [3.05, 3.63) is 0 Å². The normalized spacial score (nSPS) is 9.00. The molecule has 0 unspecified atom stereocenters. The fourth-order valence-electron chi connectivity index (χ4n) is 0.167. The fraction of sp³-hybridized carbons (Fsp3) is 1.00. The van der Waals surface area contributed by atoms with Gasteiger partial charge in [-0.2, -0.15) is 0 Å². The summed E-state index contributed by atoms with van der Waals surface area (Å²) in [4.78, 5) is 0. The Morgan fingerprint density at radius 1 is 1.67 bits per heavy atom. The SMILES string of the molecule is CCCSOC. The summed E-state index contributed by atoms with van der Waals surface area (Å²) >= 11 is 1.51. The molecule has 38 valence electrons. The standard InChI is InChI=1S/C4H10OS/c1-3-4-6-5-2/h3-4H2,1-2H3. The van der Waals surface area contributed by atoms with Crippen LogP contribution in [0.4, 0.5) is 0 Å². The second-order valence-electron chi connectivity index (χ2n) is 0.989. The van der Waals surface area contributed by atoms with Gasteiger partial charge in [0.15, 0.2) is 0 Å². The van der Waals surface area contributed by atoms with Crippen molar-refractivity contribution in [2.75, 3.05) is 12.9 Å². The van der Waals surface area contributed by atoms with E-state index in [1.807, 2.05) is 0 Å². The van der Waals surface area contributed by atoms with Crippen LogP contribution in [0.25, 0.3) is 0 Å². The molecule has 0 atom stereocenters. The van der Waals surface area contributed by atoms with E-state index in [1.165, 1.54) is 18.5 Å². The summed E-state index contributed by atoms with van der Waals surface area (Å²) in [6, 6.07) is 0. The zero-order valence-electron chi connectivity index (χ0n) is 4.23. The van der Waals surface area contributed by atoms with Crippen LogP contribution in [0.1, 0.15) is 13.3 Å². The van der Waals surface area contributed by atoms with Crippen LogP contribution in [0.5, 0.6) is 0 Å². The van der Waals surface area contributed by atoms with Gasteiger partial charge in [-0.05, 0) is 18.5 Å². The van der Waals surface area contributed by atoms with Gasteiger partial charge in [-0.3, -0.25) is 0 Å². The van der Waals surface area contributed by atoms with E-state index in [-0.39, 0.29) is 0 Å². The molecule has 1 nitrogen and oxygen atoms in total. The second-order valence-corrected chi connectivity index (χ2v) is 1.97. The van der Waals surface area contributed by atoms with Gasteiger partial charge in [-0.1, -0.05) is 6.92 Å². The zero-order valence-corrected chi connectivity index (χ0v) is 5.05. The van der Waals surface area contributed by atoms with Crippen LogP contribution in [-0.4, -0.2) is 12.9 Å². The molecule has 0 spiro atoms. The Morgan fingerprint density at radius 2 is 2.33 bits per heavy atom. The van der Waals surface area contributed by atoms with Crippen LogP contribution >= 0.6 is 12.0 Å². The van der Waals surface area contributed by atoms with Crippen LogP contribution in [-0.2, 0) is 4.18 Å². The topological polar surface area (TPSA) is 9.23 Å². The summed E-state index contributed by atoms with van der Waals surface area (Å²) in [7, 11) is 1.69. The summed E-state index contributed by atoms with van der Waals surface area (Å²) in [6.45, 7) is 2.13. The molecule has 0 saturated carbocycles. The van der Waals surface area contributed by atoms with Crippen LogP contribution in [0.3, 0.4) is 0 Å². The maximum atomic E-state index is 4.70. The first-order valence-corrected chi connectivity index (χ1v) is 2.98. The highest BCUT2D eigenvalue weighted by molar-refractivity contribution is 7.94. The third kappa shape index (κ3) is 4.31. The van der Waals surface area contributed by atoms with Crippen molar-refractivity contribution >= 4 is 12.0 Å². The van der Waals surface area contributed by atoms with E-state index in [0.29, 0.717) is 0 Å². The van der Waals surface area contributed by atoms with Crippen LogP contribution < -0.4 is 0 Å². The molecule has 0 saturated heterocycles. The highest BCUT2D eigenvalue weighted by atomic mass is 32.2. The van der Waals surface area contributed by atoms with Crippen molar-refractivity contribution < 1.29 is 4.18 Å². The second kappa shape index (κ2) is 5.31. The molecule has 0 aromatic carbocycles. The lowest BCUT2D eigenvalue weighted by atomic mass is 10.6. The van der Waals surface area contributed by atoms with Gasteiger partial charge in [0.1, 0.15) is 0 Å². The molecular weight excluding hydrogens is 96.1 g/mol. The molecule has 0 bridgehead atoms. The molecule has 6 heavy (non-hydrogen) atoms. The van der Waals surface area contributed by atoms with Gasteiger partial charge in [0.25, 0.3) is 0 Å². The van der Waals surface area contributed by atoms with Gasteiger partial charge in [0, 0.05) is 5.75 Å². The predicted molar refractivity (Wildman–Crippen MR) is 29.8 cm³/mol. The number of hydrogen-bond acceptors (Lipinski definition) is 2. The van der Waals surface area contributed by atoms with E-state index in [2.05, 4.69) is 6.92 Å². The predicted octanol–water partition coefficient (Wildman–Crippen LogP) is 1.69.